The van der Waals surface area contributed by atoms with E-state index in [0.29, 0.717) is 17.8 Å². The first-order valence-electron chi connectivity index (χ1n) is 7.85. The fourth-order valence-electron chi connectivity index (χ4n) is 3.03. The molecule has 1 atom stereocenters. The third-order valence-corrected chi connectivity index (χ3v) is 6.14. The molecule has 0 aliphatic carbocycles. The zero-order valence-corrected chi connectivity index (χ0v) is 14.8. The average Bonchev–Trinajstić information content (AvgIpc) is 2.77. The number of carbonyl (C=O) groups excluding carboxylic acids is 1. The van der Waals surface area contributed by atoms with Crippen LogP contribution in [0.15, 0.2) is 33.5 Å². The van der Waals surface area contributed by atoms with Gasteiger partial charge in [0.2, 0.25) is 0 Å². The lowest BCUT2D eigenvalue weighted by molar-refractivity contribution is -0.124. The van der Waals surface area contributed by atoms with Crippen LogP contribution in [0, 0.1) is 6.92 Å². The highest BCUT2D eigenvalue weighted by Gasteiger charge is 2.39. The monoisotopic (exact) mass is 365 g/mol. The molecule has 2 heterocycles. The van der Waals surface area contributed by atoms with Crippen molar-refractivity contribution in [1.29, 1.82) is 0 Å². The van der Waals surface area contributed by atoms with E-state index in [2.05, 4.69) is 5.32 Å². The van der Waals surface area contributed by atoms with E-state index in [9.17, 15) is 18.0 Å². The van der Waals surface area contributed by atoms with Crippen LogP contribution in [-0.4, -0.2) is 38.0 Å². The number of benzene rings is 1. The lowest BCUT2D eigenvalue weighted by Crippen LogP contribution is -2.48. The van der Waals surface area contributed by atoms with E-state index in [1.165, 1.54) is 6.07 Å². The molecule has 3 rings (SSSR count). The Morgan fingerprint density at radius 2 is 2.12 bits per heavy atom. The maximum absolute atomic E-state index is 12.1. The van der Waals surface area contributed by atoms with Crippen LogP contribution in [0.5, 0.6) is 5.75 Å². The Labute approximate surface area is 144 Å². The Kier molecular flexibility index (Phi) is 4.32. The Morgan fingerprint density at radius 1 is 1.36 bits per heavy atom. The number of ether oxygens (including phenoxy) is 1. The van der Waals surface area contributed by atoms with Crippen molar-refractivity contribution >= 4 is 26.7 Å². The minimum atomic E-state index is -3.10. The minimum absolute atomic E-state index is 0.0633. The molecule has 0 spiro atoms. The molecule has 1 N–H and O–H groups in total. The average molecular weight is 365 g/mol. The Hall–Kier alpha value is -2.35. The molecule has 1 aliphatic rings. The van der Waals surface area contributed by atoms with Gasteiger partial charge in [-0.15, -0.1) is 0 Å². The predicted molar refractivity (Wildman–Crippen MR) is 92.5 cm³/mol. The van der Waals surface area contributed by atoms with Crippen molar-refractivity contribution in [2.75, 3.05) is 18.1 Å². The van der Waals surface area contributed by atoms with E-state index >= 15 is 0 Å². The molecule has 1 saturated heterocycles. The molecule has 0 bridgehead atoms. The summed E-state index contributed by atoms with van der Waals surface area (Å²) in [7, 11) is -3.10. The largest absolute Gasteiger partial charge is 0.484 e. The lowest BCUT2D eigenvalue weighted by Gasteiger charge is -2.23. The van der Waals surface area contributed by atoms with E-state index in [-0.39, 0.29) is 18.1 Å². The summed E-state index contributed by atoms with van der Waals surface area (Å²) in [5.41, 5.74) is -0.0232. The van der Waals surface area contributed by atoms with Gasteiger partial charge in [0.1, 0.15) is 11.3 Å². The summed E-state index contributed by atoms with van der Waals surface area (Å²) in [5.74, 6) is 0.00539. The van der Waals surface area contributed by atoms with Gasteiger partial charge in [-0.3, -0.25) is 4.79 Å². The van der Waals surface area contributed by atoms with Gasteiger partial charge in [-0.1, -0.05) is 0 Å². The van der Waals surface area contributed by atoms with Crippen LogP contribution in [0.1, 0.15) is 18.9 Å². The first kappa shape index (κ1) is 17.5. The molecule has 7 nitrogen and oxygen atoms in total. The van der Waals surface area contributed by atoms with Crippen molar-refractivity contribution < 1.29 is 22.4 Å². The number of hydrogen-bond acceptors (Lipinski definition) is 6. The van der Waals surface area contributed by atoms with Crippen LogP contribution in [0.25, 0.3) is 11.0 Å². The van der Waals surface area contributed by atoms with Crippen LogP contribution < -0.4 is 15.7 Å². The summed E-state index contributed by atoms with van der Waals surface area (Å²) in [6.07, 6.45) is 0.390. The Balaban J connectivity index is 1.66. The van der Waals surface area contributed by atoms with Gasteiger partial charge in [-0.25, -0.2) is 13.2 Å². The minimum Gasteiger partial charge on any atom is -0.484 e. The Morgan fingerprint density at radius 3 is 2.80 bits per heavy atom. The van der Waals surface area contributed by atoms with Gasteiger partial charge in [-0.2, -0.15) is 0 Å². The van der Waals surface area contributed by atoms with Crippen LogP contribution in [0.3, 0.4) is 0 Å². The van der Waals surface area contributed by atoms with Gasteiger partial charge < -0.3 is 14.5 Å². The molecule has 0 saturated carbocycles. The zero-order chi connectivity index (χ0) is 18.2. The van der Waals surface area contributed by atoms with Crippen LogP contribution in [-0.2, 0) is 14.6 Å². The summed E-state index contributed by atoms with van der Waals surface area (Å²) in [6.45, 7) is 3.27. The molecule has 1 aromatic carbocycles. The van der Waals surface area contributed by atoms with Gasteiger partial charge in [0.05, 0.1) is 17.0 Å². The van der Waals surface area contributed by atoms with E-state index in [4.69, 9.17) is 9.15 Å². The molecular formula is C17H19NO6S. The smallest absolute Gasteiger partial charge is 0.336 e. The van der Waals surface area contributed by atoms with Gasteiger partial charge in [0.15, 0.2) is 16.4 Å². The molecule has 8 heteroatoms. The topological polar surface area (TPSA) is 103 Å². The maximum Gasteiger partial charge on any atom is 0.336 e. The van der Waals surface area contributed by atoms with Crippen LogP contribution in [0.2, 0.25) is 0 Å². The third kappa shape index (κ3) is 4.01. The molecule has 1 aromatic heterocycles. The molecule has 1 aliphatic heterocycles. The van der Waals surface area contributed by atoms with E-state index < -0.39 is 26.9 Å². The van der Waals surface area contributed by atoms with Gasteiger partial charge in [0, 0.05) is 17.5 Å². The van der Waals surface area contributed by atoms with E-state index in [1.807, 2.05) is 6.92 Å². The predicted octanol–water partition coefficient (Wildman–Crippen LogP) is 1.17. The number of carbonyl (C=O) groups is 1. The third-order valence-electron chi connectivity index (χ3n) is 4.24. The standard InChI is InChI=1S/C17H19NO6S/c1-11-7-16(20)24-14-8-12(3-4-13(11)14)23-9-15(19)18-17(2)5-6-25(21,22)10-17/h3-4,7-8H,5-6,9-10H2,1-2H3,(H,18,19)/t17-/m1/s1. The van der Waals surface area contributed by atoms with Crippen molar-refractivity contribution in [1.82, 2.24) is 5.32 Å². The number of rotatable bonds is 4. The van der Waals surface area contributed by atoms with Crippen molar-refractivity contribution in [3.05, 3.63) is 40.2 Å². The highest BCUT2D eigenvalue weighted by atomic mass is 32.2. The van der Waals surface area contributed by atoms with Gasteiger partial charge in [0.25, 0.3) is 5.91 Å². The van der Waals surface area contributed by atoms with Crippen LogP contribution >= 0.6 is 0 Å². The highest BCUT2D eigenvalue weighted by Crippen LogP contribution is 2.24. The molecule has 0 radical (unpaired) electrons. The number of aryl methyl sites for hydroxylation is 1. The van der Waals surface area contributed by atoms with Gasteiger partial charge in [-0.05, 0) is 38.0 Å². The molecule has 0 unspecified atom stereocenters. The summed E-state index contributed by atoms with van der Waals surface area (Å²) in [4.78, 5) is 23.5. The normalized spacial score (nSPS) is 22.0. The maximum atomic E-state index is 12.1. The second-order valence-electron chi connectivity index (χ2n) is 6.65. The SMILES string of the molecule is Cc1cc(=O)oc2cc(OCC(=O)N[C@]3(C)CCS(=O)(=O)C3)ccc12. The molecular weight excluding hydrogens is 346 g/mol. The summed E-state index contributed by atoms with van der Waals surface area (Å²) in [5, 5.41) is 3.51. The lowest BCUT2D eigenvalue weighted by atomic mass is 10.0. The Bertz CT molecular complexity index is 994. The number of hydrogen-bond donors (Lipinski definition) is 1. The molecule has 1 amide bonds. The molecule has 25 heavy (non-hydrogen) atoms. The fourth-order valence-corrected chi connectivity index (χ4v) is 5.12. The second-order valence-corrected chi connectivity index (χ2v) is 8.83. The second kappa shape index (κ2) is 6.18. The number of fused-ring (bicyclic) bond motifs is 1. The van der Waals surface area contributed by atoms with Crippen molar-refractivity contribution in [2.45, 2.75) is 25.8 Å². The quantitative estimate of drug-likeness (QED) is 0.816. The fraction of sp³-hybridized carbons (Fsp3) is 0.412. The summed E-state index contributed by atoms with van der Waals surface area (Å²) < 4.78 is 33.7. The first-order chi connectivity index (χ1) is 11.7. The summed E-state index contributed by atoms with van der Waals surface area (Å²) >= 11 is 0. The van der Waals surface area contributed by atoms with E-state index in [1.54, 1.807) is 25.1 Å². The van der Waals surface area contributed by atoms with Crippen molar-refractivity contribution in [3.63, 3.8) is 0 Å². The van der Waals surface area contributed by atoms with Crippen molar-refractivity contribution in [2.24, 2.45) is 0 Å². The van der Waals surface area contributed by atoms with Gasteiger partial charge >= 0.3 is 5.63 Å². The molecule has 1 fully saturated rings. The zero-order valence-electron chi connectivity index (χ0n) is 14.0. The highest BCUT2D eigenvalue weighted by molar-refractivity contribution is 7.91. The summed E-state index contributed by atoms with van der Waals surface area (Å²) in [6, 6.07) is 6.40. The van der Waals surface area contributed by atoms with Crippen LogP contribution in [0.4, 0.5) is 0 Å². The number of sulfone groups is 1. The van der Waals surface area contributed by atoms with E-state index in [0.717, 1.165) is 10.9 Å². The first-order valence-corrected chi connectivity index (χ1v) is 9.67. The number of nitrogens with one attached hydrogen (secondary N) is 1. The van der Waals surface area contributed by atoms with Crippen molar-refractivity contribution in [3.8, 4) is 5.75 Å². The molecule has 134 valence electrons. The molecule has 2 aromatic rings. The number of amides is 1.